The second kappa shape index (κ2) is 6.86. The molecule has 4 heteroatoms. The Kier molecular flexibility index (Phi) is 5.27. The van der Waals surface area contributed by atoms with Crippen LogP contribution in [0.25, 0.3) is 0 Å². The molecule has 1 aromatic rings. The Morgan fingerprint density at radius 1 is 0.920 bits per heavy atom. The Morgan fingerprint density at radius 3 is 1.96 bits per heavy atom. The van der Waals surface area contributed by atoms with Gasteiger partial charge in [0, 0.05) is 0 Å². The summed E-state index contributed by atoms with van der Waals surface area (Å²) in [7, 11) is -1.81. The predicted molar refractivity (Wildman–Crippen MR) is 110 cm³/mol. The van der Waals surface area contributed by atoms with Gasteiger partial charge in [0.2, 0.25) is 0 Å². The fraction of sp³-hybridized carbons (Fsp3) is 0.714. The Labute approximate surface area is 155 Å². The van der Waals surface area contributed by atoms with Gasteiger partial charge < -0.3 is 9.31 Å². The summed E-state index contributed by atoms with van der Waals surface area (Å²) >= 11 is 0. The molecule has 25 heavy (non-hydrogen) atoms. The molecule has 0 radical (unpaired) electrons. The van der Waals surface area contributed by atoms with Crippen LogP contribution in [-0.2, 0) is 9.31 Å². The average Bonchev–Trinajstić information content (AvgIpc) is 2.76. The van der Waals surface area contributed by atoms with Gasteiger partial charge in [-0.2, -0.15) is 0 Å². The van der Waals surface area contributed by atoms with E-state index >= 15 is 0 Å². The van der Waals surface area contributed by atoms with Crippen LogP contribution in [0.15, 0.2) is 30.3 Å². The van der Waals surface area contributed by atoms with Gasteiger partial charge in [-0.05, 0) is 39.1 Å². The zero-order chi connectivity index (χ0) is 18.3. The van der Waals surface area contributed by atoms with Crippen molar-refractivity contribution >= 4 is 20.4 Å². The van der Waals surface area contributed by atoms with Gasteiger partial charge in [0.15, 0.2) is 0 Å². The van der Waals surface area contributed by atoms with Gasteiger partial charge >= 0.3 is 7.12 Å². The third-order valence-corrected chi connectivity index (χ3v) is 11.3. The average molecular weight is 358 g/mol. The van der Waals surface area contributed by atoms with E-state index in [0.717, 1.165) is 5.92 Å². The van der Waals surface area contributed by atoms with Crippen molar-refractivity contribution in [3.8, 4) is 0 Å². The highest BCUT2D eigenvalue weighted by atomic mass is 28.3. The normalized spacial score (nSPS) is 25.1. The molecule has 1 saturated heterocycles. The highest BCUT2D eigenvalue weighted by Crippen LogP contribution is 2.48. The van der Waals surface area contributed by atoms with Crippen LogP contribution in [0.1, 0.15) is 59.8 Å². The first-order chi connectivity index (χ1) is 11.7. The zero-order valence-electron chi connectivity index (χ0n) is 17.0. The molecule has 1 aliphatic carbocycles. The summed E-state index contributed by atoms with van der Waals surface area (Å²) in [5, 5.41) is 1.53. The van der Waals surface area contributed by atoms with Crippen LogP contribution in [0, 0.1) is 5.92 Å². The maximum atomic E-state index is 6.60. The molecule has 1 aliphatic heterocycles. The van der Waals surface area contributed by atoms with Crippen molar-refractivity contribution in [1.29, 1.82) is 0 Å². The van der Waals surface area contributed by atoms with Gasteiger partial charge in [0.05, 0.1) is 19.3 Å². The topological polar surface area (TPSA) is 18.5 Å². The molecule has 1 aromatic carbocycles. The van der Waals surface area contributed by atoms with Crippen molar-refractivity contribution in [2.24, 2.45) is 5.92 Å². The number of benzene rings is 1. The summed E-state index contributed by atoms with van der Waals surface area (Å²) in [5.41, 5.74) is 0.0218. The highest BCUT2D eigenvalue weighted by molar-refractivity contribution is 6.97. The standard InChI is InChI=1S/C21H35BO2Si/c1-20(2)21(3,4)24-22(23-20)19(17-13-9-7-10-14-17)25(5,6)18-15-11-8-12-16-18/h8,11-12,15-17,19H,7,9-10,13-14H2,1-6H3. The van der Waals surface area contributed by atoms with Crippen molar-refractivity contribution in [3.63, 3.8) is 0 Å². The molecule has 1 atom stereocenters. The molecule has 1 unspecified atom stereocenters. The molecule has 3 rings (SSSR count). The number of hydrogen-bond donors (Lipinski definition) is 0. The minimum absolute atomic E-state index is 0.0741. The fourth-order valence-electron chi connectivity index (χ4n) is 4.74. The summed E-state index contributed by atoms with van der Waals surface area (Å²) in [6.45, 7) is 13.8. The van der Waals surface area contributed by atoms with E-state index in [0.29, 0.717) is 5.44 Å². The molecule has 0 amide bonds. The molecule has 0 spiro atoms. The van der Waals surface area contributed by atoms with Crippen LogP contribution in [0.2, 0.25) is 18.5 Å². The second-order valence-corrected chi connectivity index (χ2v) is 14.3. The highest BCUT2D eigenvalue weighted by Gasteiger charge is 2.58. The van der Waals surface area contributed by atoms with Crippen molar-refractivity contribution in [2.45, 2.75) is 89.5 Å². The van der Waals surface area contributed by atoms with Crippen LogP contribution in [-0.4, -0.2) is 26.4 Å². The van der Waals surface area contributed by atoms with E-state index in [4.69, 9.17) is 9.31 Å². The van der Waals surface area contributed by atoms with Crippen LogP contribution < -0.4 is 5.19 Å². The lowest BCUT2D eigenvalue weighted by atomic mass is 9.71. The summed E-state index contributed by atoms with van der Waals surface area (Å²) in [6.07, 6.45) is 6.77. The van der Waals surface area contributed by atoms with Crippen molar-refractivity contribution < 1.29 is 9.31 Å². The van der Waals surface area contributed by atoms with E-state index in [-0.39, 0.29) is 18.3 Å². The van der Waals surface area contributed by atoms with E-state index in [1.165, 1.54) is 37.3 Å². The van der Waals surface area contributed by atoms with Crippen LogP contribution in [0.3, 0.4) is 0 Å². The monoisotopic (exact) mass is 358 g/mol. The first-order valence-corrected chi connectivity index (χ1v) is 13.1. The minimum atomic E-state index is -1.74. The van der Waals surface area contributed by atoms with Gasteiger partial charge in [-0.25, -0.2) is 0 Å². The molecule has 0 bridgehead atoms. The molecule has 2 aliphatic rings. The SMILES string of the molecule is CC1(C)OB(C(C2CCCCC2)[Si](C)(C)c2ccccc2)OC1(C)C. The molecule has 0 N–H and O–H groups in total. The first-order valence-electron chi connectivity index (χ1n) is 10.1. The van der Waals surface area contributed by atoms with E-state index in [1.54, 1.807) is 0 Å². The van der Waals surface area contributed by atoms with E-state index in [2.05, 4.69) is 71.1 Å². The summed E-state index contributed by atoms with van der Waals surface area (Å²) < 4.78 is 13.2. The Balaban J connectivity index is 1.96. The van der Waals surface area contributed by atoms with Gasteiger partial charge in [-0.3, -0.25) is 0 Å². The van der Waals surface area contributed by atoms with Gasteiger partial charge in [-0.15, -0.1) is 0 Å². The smallest absolute Gasteiger partial charge is 0.403 e. The van der Waals surface area contributed by atoms with E-state index < -0.39 is 8.07 Å². The van der Waals surface area contributed by atoms with Gasteiger partial charge in [-0.1, -0.05) is 80.7 Å². The van der Waals surface area contributed by atoms with Crippen molar-refractivity contribution in [3.05, 3.63) is 30.3 Å². The molecule has 2 nitrogen and oxygen atoms in total. The Bertz CT molecular complexity index is 563. The molecular weight excluding hydrogens is 323 g/mol. The molecule has 1 saturated carbocycles. The third-order valence-electron chi connectivity index (χ3n) is 7.07. The number of rotatable bonds is 4. The van der Waals surface area contributed by atoms with Crippen LogP contribution >= 0.6 is 0 Å². The lowest BCUT2D eigenvalue weighted by Gasteiger charge is -2.41. The third kappa shape index (κ3) is 3.63. The quantitative estimate of drug-likeness (QED) is 0.690. The van der Waals surface area contributed by atoms with Crippen LogP contribution in [0.4, 0.5) is 0 Å². The van der Waals surface area contributed by atoms with Gasteiger partial charge in [0.25, 0.3) is 0 Å². The largest absolute Gasteiger partial charge is 0.458 e. The molecule has 138 valence electrons. The van der Waals surface area contributed by atoms with Crippen molar-refractivity contribution in [1.82, 2.24) is 0 Å². The van der Waals surface area contributed by atoms with E-state index in [9.17, 15) is 0 Å². The van der Waals surface area contributed by atoms with Crippen molar-refractivity contribution in [2.75, 3.05) is 0 Å². The van der Waals surface area contributed by atoms with Gasteiger partial charge in [0.1, 0.15) is 0 Å². The summed E-state index contributed by atoms with van der Waals surface area (Å²) in [6, 6.07) is 11.2. The Morgan fingerprint density at radius 2 is 1.44 bits per heavy atom. The molecule has 2 fully saturated rings. The first kappa shape index (κ1) is 19.2. The minimum Gasteiger partial charge on any atom is -0.403 e. The molecule has 1 heterocycles. The predicted octanol–water partition coefficient (Wildman–Crippen LogP) is 5.18. The second-order valence-electron chi connectivity index (χ2n) is 9.64. The molecule has 0 aromatic heterocycles. The number of hydrogen-bond acceptors (Lipinski definition) is 2. The lowest BCUT2D eigenvalue weighted by Crippen LogP contribution is -2.55. The lowest BCUT2D eigenvalue weighted by molar-refractivity contribution is 0.00578. The summed E-state index contributed by atoms with van der Waals surface area (Å²) in [4.78, 5) is 0. The molecular formula is C21H35BO2Si. The fourth-order valence-corrected chi connectivity index (χ4v) is 8.51. The maximum Gasteiger partial charge on any atom is 0.458 e. The Hall–Kier alpha value is -0.578. The maximum absolute atomic E-state index is 6.60. The zero-order valence-corrected chi connectivity index (χ0v) is 18.0. The van der Waals surface area contributed by atoms with E-state index in [1.807, 2.05) is 0 Å². The summed E-state index contributed by atoms with van der Waals surface area (Å²) in [5.74, 6) is 0.727. The van der Waals surface area contributed by atoms with Crippen LogP contribution in [0.5, 0.6) is 0 Å².